The van der Waals surface area contributed by atoms with Crippen LogP contribution >= 0.6 is 11.8 Å². The van der Waals surface area contributed by atoms with Crippen molar-refractivity contribution in [1.29, 1.82) is 0 Å². The Hall–Kier alpha value is -1.95. The topological polar surface area (TPSA) is 78.4 Å². The van der Waals surface area contributed by atoms with Crippen LogP contribution in [0.4, 0.5) is 4.79 Å². The highest BCUT2D eigenvalue weighted by Gasteiger charge is 2.04. The van der Waals surface area contributed by atoms with Crippen molar-refractivity contribution in [3.8, 4) is 0 Å². The molecule has 1 aromatic rings. The largest absolute Gasteiger partial charge is 0.478 e. The van der Waals surface area contributed by atoms with Gasteiger partial charge in [0.05, 0.1) is 5.56 Å². The Morgan fingerprint density at radius 3 is 2.85 bits per heavy atom. The van der Waals surface area contributed by atoms with Crippen LogP contribution in [0.3, 0.4) is 0 Å². The van der Waals surface area contributed by atoms with Crippen LogP contribution in [0.25, 0.3) is 0 Å². The molecule has 0 aliphatic rings. The van der Waals surface area contributed by atoms with Crippen LogP contribution in [0.2, 0.25) is 0 Å². The zero-order chi connectivity index (χ0) is 14.8. The van der Waals surface area contributed by atoms with Crippen molar-refractivity contribution in [3.05, 3.63) is 48.0 Å². The van der Waals surface area contributed by atoms with Crippen LogP contribution in [-0.4, -0.2) is 35.2 Å². The molecule has 0 saturated heterocycles. The second-order valence-electron chi connectivity index (χ2n) is 3.98. The number of rotatable bonds is 8. The maximum Gasteiger partial charge on any atom is 0.335 e. The molecule has 1 rings (SSSR count). The number of hydrogen-bond acceptors (Lipinski definition) is 3. The second-order valence-corrected chi connectivity index (χ2v) is 5.13. The van der Waals surface area contributed by atoms with E-state index in [1.165, 1.54) is 6.07 Å². The monoisotopic (exact) mass is 294 g/mol. The predicted octanol–water partition coefficient (Wildman–Crippen LogP) is 2.10. The SMILES string of the molecule is C=CCSCCNC(=O)NCc1cccc(C(=O)O)c1. The Balaban J connectivity index is 2.28. The van der Waals surface area contributed by atoms with Gasteiger partial charge in [-0.2, -0.15) is 11.8 Å². The summed E-state index contributed by atoms with van der Waals surface area (Å²) in [5, 5.41) is 14.3. The molecule has 0 radical (unpaired) electrons. The van der Waals surface area contributed by atoms with E-state index in [1.54, 1.807) is 30.0 Å². The third-order valence-electron chi connectivity index (χ3n) is 2.39. The lowest BCUT2D eigenvalue weighted by Gasteiger charge is -2.07. The molecule has 3 N–H and O–H groups in total. The van der Waals surface area contributed by atoms with Crippen molar-refractivity contribution >= 4 is 23.8 Å². The summed E-state index contributed by atoms with van der Waals surface area (Å²) >= 11 is 1.69. The van der Waals surface area contributed by atoms with Crippen LogP contribution in [0.1, 0.15) is 15.9 Å². The molecule has 0 bridgehead atoms. The maximum absolute atomic E-state index is 11.5. The van der Waals surface area contributed by atoms with Gasteiger partial charge in [-0.05, 0) is 17.7 Å². The summed E-state index contributed by atoms with van der Waals surface area (Å²) in [5.41, 5.74) is 0.964. The average Bonchev–Trinajstić information content (AvgIpc) is 2.45. The van der Waals surface area contributed by atoms with Gasteiger partial charge >= 0.3 is 12.0 Å². The lowest BCUT2D eigenvalue weighted by Crippen LogP contribution is -2.36. The molecule has 0 saturated carbocycles. The fraction of sp³-hybridized carbons (Fsp3) is 0.286. The molecule has 0 unspecified atom stereocenters. The molecule has 6 heteroatoms. The highest BCUT2D eigenvalue weighted by molar-refractivity contribution is 7.99. The quantitative estimate of drug-likeness (QED) is 0.507. The van der Waals surface area contributed by atoms with Crippen LogP contribution in [0, 0.1) is 0 Å². The van der Waals surface area contributed by atoms with E-state index in [4.69, 9.17) is 5.11 Å². The van der Waals surface area contributed by atoms with E-state index in [2.05, 4.69) is 17.2 Å². The van der Waals surface area contributed by atoms with Gasteiger partial charge in [0.1, 0.15) is 0 Å². The first-order valence-corrected chi connectivity index (χ1v) is 7.31. The first-order chi connectivity index (χ1) is 9.63. The number of hydrogen-bond donors (Lipinski definition) is 3. The summed E-state index contributed by atoms with van der Waals surface area (Å²) in [6.45, 7) is 4.49. The van der Waals surface area contributed by atoms with Gasteiger partial charge < -0.3 is 15.7 Å². The van der Waals surface area contributed by atoms with Crippen molar-refractivity contribution in [2.24, 2.45) is 0 Å². The van der Waals surface area contributed by atoms with E-state index in [1.807, 2.05) is 6.08 Å². The van der Waals surface area contributed by atoms with Crippen LogP contribution in [0.5, 0.6) is 0 Å². The Kier molecular flexibility index (Phi) is 7.27. The molecular formula is C14H18N2O3S. The maximum atomic E-state index is 11.5. The number of nitrogens with one attached hydrogen (secondary N) is 2. The van der Waals surface area contributed by atoms with Gasteiger partial charge in [-0.15, -0.1) is 6.58 Å². The van der Waals surface area contributed by atoms with E-state index in [0.717, 1.165) is 17.1 Å². The van der Waals surface area contributed by atoms with Crippen LogP contribution < -0.4 is 10.6 Å². The fourth-order valence-electron chi connectivity index (χ4n) is 1.46. The Morgan fingerprint density at radius 1 is 1.35 bits per heavy atom. The third-order valence-corrected chi connectivity index (χ3v) is 3.36. The van der Waals surface area contributed by atoms with Crippen LogP contribution in [-0.2, 0) is 6.54 Å². The van der Waals surface area contributed by atoms with Crippen molar-refractivity contribution < 1.29 is 14.7 Å². The highest BCUT2D eigenvalue weighted by atomic mass is 32.2. The first-order valence-electron chi connectivity index (χ1n) is 6.16. The molecular weight excluding hydrogens is 276 g/mol. The summed E-state index contributed by atoms with van der Waals surface area (Å²) in [6, 6.07) is 6.23. The minimum Gasteiger partial charge on any atom is -0.478 e. The number of carboxylic acid groups (broad SMARTS) is 1. The van der Waals surface area contributed by atoms with Crippen molar-refractivity contribution in [2.45, 2.75) is 6.54 Å². The molecule has 0 spiro atoms. The average molecular weight is 294 g/mol. The molecule has 0 atom stereocenters. The van der Waals surface area contributed by atoms with Crippen molar-refractivity contribution in [2.75, 3.05) is 18.1 Å². The number of carboxylic acids is 1. The molecule has 108 valence electrons. The smallest absolute Gasteiger partial charge is 0.335 e. The number of carbonyl (C=O) groups is 2. The standard InChI is InChI=1S/C14H18N2O3S/c1-2-7-20-8-6-15-14(19)16-10-11-4-3-5-12(9-11)13(17)18/h2-5,9H,1,6-8,10H2,(H,17,18)(H2,15,16,19). The highest BCUT2D eigenvalue weighted by Crippen LogP contribution is 2.05. The number of urea groups is 1. The van der Waals surface area contributed by atoms with Crippen LogP contribution in [0.15, 0.2) is 36.9 Å². The predicted molar refractivity (Wildman–Crippen MR) is 81.2 cm³/mol. The lowest BCUT2D eigenvalue weighted by atomic mass is 10.1. The van der Waals surface area contributed by atoms with E-state index in [0.29, 0.717) is 13.1 Å². The zero-order valence-corrected chi connectivity index (χ0v) is 11.9. The number of thioether (sulfide) groups is 1. The van der Waals surface area contributed by atoms with Gasteiger partial charge in [0.25, 0.3) is 0 Å². The van der Waals surface area contributed by atoms with Gasteiger partial charge in [0.15, 0.2) is 0 Å². The summed E-state index contributed by atoms with van der Waals surface area (Å²) < 4.78 is 0. The van der Waals surface area contributed by atoms with E-state index in [9.17, 15) is 9.59 Å². The van der Waals surface area contributed by atoms with Gasteiger partial charge in [-0.1, -0.05) is 18.2 Å². The van der Waals surface area contributed by atoms with E-state index in [-0.39, 0.29) is 11.6 Å². The number of amides is 2. The Morgan fingerprint density at radius 2 is 2.15 bits per heavy atom. The third kappa shape index (κ3) is 6.29. The van der Waals surface area contributed by atoms with E-state index >= 15 is 0 Å². The molecule has 20 heavy (non-hydrogen) atoms. The zero-order valence-electron chi connectivity index (χ0n) is 11.1. The summed E-state index contributed by atoms with van der Waals surface area (Å²) in [6.07, 6.45) is 1.82. The van der Waals surface area contributed by atoms with Gasteiger partial charge in [-0.25, -0.2) is 9.59 Å². The van der Waals surface area contributed by atoms with Crippen molar-refractivity contribution in [3.63, 3.8) is 0 Å². The first kappa shape index (κ1) is 16.1. The summed E-state index contributed by atoms with van der Waals surface area (Å²) in [7, 11) is 0. The Labute approximate surface area is 122 Å². The minimum absolute atomic E-state index is 0.213. The molecule has 0 heterocycles. The summed E-state index contributed by atoms with van der Waals surface area (Å²) in [5.74, 6) is 0.717. The normalized spacial score (nSPS) is 9.80. The lowest BCUT2D eigenvalue weighted by molar-refractivity contribution is 0.0696. The minimum atomic E-state index is -0.976. The fourth-order valence-corrected chi connectivity index (χ4v) is 2.04. The number of carbonyl (C=O) groups excluding carboxylic acids is 1. The molecule has 0 aromatic heterocycles. The number of benzene rings is 1. The molecule has 0 aliphatic carbocycles. The van der Waals surface area contributed by atoms with E-state index < -0.39 is 5.97 Å². The Bertz CT molecular complexity index is 477. The molecule has 2 amide bonds. The molecule has 0 aliphatic heterocycles. The second kappa shape index (κ2) is 9.03. The molecule has 1 aromatic carbocycles. The molecule has 5 nitrogen and oxygen atoms in total. The number of aromatic carboxylic acids is 1. The van der Waals surface area contributed by atoms with Gasteiger partial charge in [0.2, 0.25) is 0 Å². The van der Waals surface area contributed by atoms with Gasteiger partial charge in [0, 0.05) is 24.6 Å². The van der Waals surface area contributed by atoms with Crippen molar-refractivity contribution in [1.82, 2.24) is 10.6 Å². The van der Waals surface area contributed by atoms with Gasteiger partial charge in [-0.3, -0.25) is 0 Å². The summed E-state index contributed by atoms with van der Waals surface area (Å²) in [4.78, 5) is 22.3. The molecule has 0 fully saturated rings.